The van der Waals surface area contributed by atoms with Gasteiger partial charge >= 0.3 is 16.1 Å². The number of imide groups is 2. The Morgan fingerprint density at radius 2 is 1.65 bits per heavy atom. The zero-order chi connectivity index (χ0) is 26.9. The summed E-state index contributed by atoms with van der Waals surface area (Å²) in [6.07, 6.45) is 1.20. The molecule has 0 aromatic heterocycles. The van der Waals surface area contributed by atoms with Crippen LogP contribution in [0.2, 0.25) is 0 Å². The SMILES string of the molecule is COc1cc(/C=C2\C(=O)NC(=O)N(c3ccc(F)cc3)C2=O)cc(Br)c1OS(=O)(=O)c1ccc(C)cc1. The zero-order valence-corrected chi connectivity index (χ0v) is 21.7. The first-order valence-electron chi connectivity index (χ1n) is 10.6. The van der Waals surface area contributed by atoms with E-state index in [-0.39, 0.29) is 37.7 Å². The van der Waals surface area contributed by atoms with Gasteiger partial charge in [0.25, 0.3) is 11.8 Å². The Kier molecular flexibility index (Phi) is 7.14. The number of carbonyl (C=O) groups excluding carboxylic acids is 3. The first kappa shape index (κ1) is 26.0. The van der Waals surface area contributed by atoms with Crippen LogP contribution in [0.25, 0.3) is 6.08 Å². The second kappa shape index (κ2) is 10.1. The number of ether oxygens (including phenoxy) is 1. The molecule has 3 aromatic rings. The predicted octanol–water partition coefficient (Wildman–Crippen LogP) is 4.34. The molecule has 9 nitrogen and oxygen atoms in total. The van der Waals surface area contributed by atoms with Gasteiger partial charge in [-0.1, -0.05) is 17.7 Å². The van der Waals surface area contributed by atoms with Crippen molar-refractivity contribution in [2.75, 3.05) is 12.0 Å². The lowest BCUT2D eigenvalue weighted by Gasteiger charge is -2.26. The molecule has 0 spiro atoms. The van der Waals surface area contributed by atoms with Crippen molar-refractivity contribution < 1.29 is 36.1 Å². The molecule has 3 aromatic carbocycles. The molecule has 0 saturated carbocycles. The van der Waals surface area contributed by atoms with Crippen LogP contribution < -0.4 is 19.1 Å². The Morgan fingerprint density at radius 1 is 1.00 bits per heavy atom. The van der Waals surface area contributed by atoms with Gasteiger partial charge in [0.05, 0.1) is 17.3 Å². The zero-order valence-electron chi connectivity index (χ0n) is 19.3. The minimum atomic E-state index is -4.20. The molecule has 4 rings (SSSR count). The highest BCUT2D eigenvalue weighted by atomic mass is 79.9. The third-order valence-corrected chi connectivity index (χ3v) is 7.08. The standard InChI is InChI=1S/C25H18BrFN2O7S/c1-14-3-9-18(10-4-14)37(33,34)36-22-20(26)12-15(13-21(22)35-2)11-19-23(30)28-25(32)29(24(19)31)17-7-5-16(27)6-8-17/h3-13H,1-2H3,(H,28,30,32)/b19-11+. The van der Waals surface area contributed by atoms with Crippen LogP contribution in [-0.4, -0.2) is 33.4 Å². The van der Waals surface area contributed by atoms with Crippen molar-refractivity contribution in [2.24, 2.45) is 0 Å². The quantitative estimate of drug-likeness (QED) is 0.258. The Labute approximate surface area is 219 Å². The molecule has 1 aliphatic rings. The summed E-state index contributed by atoms with van der Waals surface area (Å²) in [6, 6.07) is 12.4. The van der Waals surface area contributed by atoms with Crippen molar-refractivity contribution in [3.63, 3.8) is 0 Å². The van der Waals surface area contributed by atoms with E-state index in [4.69, 9.17) is 8.92 Å². The molecule has 1 fully saturated rings. The summed E-state index contributed by atoms with van der Waals surface area (Å²) in [5.74, 6) is -2.59. The van der Waals surface area contributed by atoms with Crippen molar-refractivity contribution in [1.29, 1.82) is 0 Å². The van der Waals surface area contributed by atoms with E-state index in [1.807, 2.05) is 6.92 Å². The average molecular weight is 589 g/mol. The molecular weight excluding hydrogens is 571 g/mol. The fraction of sp³-hybridized carbons (Fsp3) is 0.0800. The minimum absolute atomic E-state index is 0.00737. The molecule has 0 atom stereocenters. The van der Waals surface area contributed by atoms with E-state index in [1.165, 1.54) is 49.6 Å². The molecule has 1 saturated heterocycles. The van der Waals surface area contributed by atoms with Gasteiger partial charge in [-0.3, -0.25) is 14.9 Å². The molecule has 0 aliphatic carbocycles. The van der Waals surface area contributed by atoms with Gasteiger partial charge in [0.1, 0.15) is 16.3 Å². The molecule has 0 radical (unpaired) electrons. The van der Waals surface area contributed by atoms with E-state index in [1.54, 1.807) is 12.1 Å². The molecule has 0 bridgehead atoms. The summed E-state index contributed by atoms with van der Waals surface area (Å²) in [4.78, 5) is 38.5. The number of hydrogen-bond donors (Lipinski definition) is 1. The van der Waals surface area contributed by atoms with Gasteiger partial charge in [0.15, 0.2) is 11.5 Å². The van der Waals surface area contributed by atoms with Crippen molar-refractivity contribution in [3.8, 4) is 11.5 Å². The topological polar surface area (TPSA) is 119 Å². The molecule has 0 unspecified atom stereocenters. The van der Waals surface area contributed by atoms with Crippen LogP contribution in [-0.2, 0) is 19.7 Å². The van der Waals surface area contributed by atoms with Gasteiger partial charge in [-0.25, -0.2) is 14.1 Å². The number of amides is 4. The van der Waals surface area contributed by atoms with Crippen LogP contribution in [0.3, 0.4) is 0 Å². The third-order valence-electron chi connectivity index (χ3n) is 5.25. The van der Waals surface area contributed by atoms with E-state index in [9.17, 15) is 27.2 Å². The third kappa shape index (κ3) is 5.39. The normalized spacial score (nSPS) is 15.1. The first-order valence-corrected chi connectivity index (χ1v) is 12.8. The second-order valence-electron chi connectivity index (χ2n) is 7.82. The predicted molar refractivity (Wildman–Crippen MR) is 135 cm³/mol. The molecular formula is C25H18BrFN2O7S. The fourth-order valence-electron chi connectivity index (χ4n) is 3.42. The number of urea groups is 1. The number of nitrogens with zero attached hydrogens (tertiary/aromatic N) is 1. The van der Waals surface area contributed by atoms with Gasteiger partial charge < -0.3 is 8.92 Å². The van der Waals surface area contributed by atoms with Gasteiger partial charge in [0, 0.05) is 0 Å². The van der Waals surface area contributed by atoms with E-state index < -0.39 is 33.8 Å². The number of aryl methyl sites for hydroxylation is 1. The monoisotopic (exact) mass is 588 g/mol. The van der Waals surface area contributed by atoms with Crippen LogP contribution in [0, 0.1) is 12.7 Å². The molecule has 12 heteroatoms. The Hall–Kier alpha value is -4.03. The van der Waals surface area contributed by atoms with E-state index >= 15 is 0 Å². The van der Waals surface area contributed by atoms with E-state index in [0.717, 1.165) is 17.7 Å². The molecule has 4 amide bonds. The van der Waals surface area contributed by atoms with Crippen LogP contribution in [0.4, 0.5) is 14.9 Å². The van der Waals surface area contributed by atoms with Crippen LogP contribution >= 0.6 is 15.9 Å². The summed E-state index contributed by atoms with van der Waals surface area (Å²) in [7, 11) is -2.92. The molecule has 190 valence electrons. The van der Waals surface area contributed by atoms with Crippen molar-refractivity contribution >= 4 is 55.7 Å². The summed E-state index contributed by atoms with van der Waals surface area (Å²) in [5, 5.41) is 2.07. The van der Waals surface area contributed by atoms with Crippen molar-refractivity contribution in [1.82, 2.24) is 5.32 Å². The molecule has 37 heavy (non-hydrogen) atoms. The highest BCUT2D eigenvalue weighted by molar-refractivity contribution is 9.10. The van der Waals surface area contributed by atoms with Gasteiger partial charge in [-0.05, 0) is 83.0 Å². The number of hydrogen-bond acceptors (Lipinski definition) is 7. The van der Waals surface area contributed by atoms with Gasteiger partial charge in [0.2, 0.25) is 0 Å². The van der Waals surface area contributed by atoms with Crippen LogP contribution in [0.15, 0.2) is 75.6 Å². The lowest BCUT2D eigenvalue weighted by atomic mass is 10.1. The van der Waals surface area contributed by atoms with Gasteiger partial charge in [-0.2, -0.15) is 8.42 Å². The molecule has 1 aliphatic heterocycles. The maximum atomic E-state index is 13.3. The van der Waals surface area contributed by atoms with E-state index in [2.05, 4.69) is 21.2 Å². The lowest BCUT2D eigenvalue weighted by Crippen LogP contribution is -2.54. The second-order valence-corrected chi connectivity index (χ2v) is 10.2. The number of anilines is 1. The Bertz CT molecular complexity index is 1550. The number of rotatable bonds is 6. The first-order chi connectivity index (χ1) is 17.5. The average Bonchev–Trinajstić information content (AvgIpc) is 2.84. The van der Waals surface area contributed by atoms with Crippen molar-refractivity contribution in [2.45, 2.75) is 11.8 Å². The smallest absolute Gasteiger partial charge is 0.339 e. The van der Waals surface area contributed by atoms with Gasteiger partial charge in [-0.15, -0.1) is 0 Å². The van der Waals surface area contributed by atoms with Crippen LogP contribution in [0.5, 0.6) is 11.5 Å². The summed E-state index contributed by atoms with van der Waals surface area (Å²) < 4.78 is 49.6. The number of carbonyl (C=O) groups is 3. The number of barbiturate groups is 1. The number of methoxy groups -OCH3 is 1. The number of halogens is 2. The summed E-state index contributed by atoms with van der Waals surface area (Å²) in [6.45, 7) is 1.82. The van der Waals surface area contributed by atoms with Crippen molar-refractivity contribution in [3.05, 3.63) is 87.7 Å². The lowest BCUT2D eigenvalue weighted by molar-refractivity contribution is -0.122. The number of nitrogens with one attached hydrogen (secondary N) is 1. The fourth-order valence-corrected chi connectivity index (χ4v) is 5.02. The largest absolute Gasteiger partial charge is 0.493 e. The highest BCUT2D eigenvalue weighted by Gasteiger charge is 2.37. The minimum Gasteiger partial charge on any atom is -0.493 e. The Balaban J connectivity index is 1.69. The number of benzene rings is 3. The summed E-state index contributed by atoms with van der Waals surface area (Å²) in [5.41, 5.74) is 0.803. The molecule has 1 heterocycles. The molecule has 1 N–H and O–H groups in total. The summed E-state index contributed by atoms with van der Waals surface area (Å²) >= 11 is 3.25. The van der Waals surface area contributed by atoms with E-state index in [0.29, 0.717) is 4.90 Å². The van der Waals surface area contributed by atoms with Crippen LogP contribution in [0.1, 0.15) is 11.1 Å². The maximum absolute atomic E-state index is 13.3. The highest BCUT2D eigenvalue weighted by Crippen LogP contribution is 2.39. The Morgan fingerprint density at radius 3 is 2.27 bits per heavy atom. The maximum Gasteiger partial charge on any atom is 0.339 e.